The molecular weight excluding hydrogens is 1150 g/mol. The molecule has 3 heterocycles. The third-order valence-electron chi connectivity index (χ3n) is 11.9. The summed E-state index contributed by atoms with van der Waals surface area (Å²) < 4.78 is 179. The van der Waals surface area contributed by atoms with E-state index in [1.165, 1.54) is 30.5 Å². The van der Waals surface area contributed by atoms with Gasteiger partial charge in [0.15, 0.2) is 11.5 Å². The highest BCUT2D eigenvalue weighted by Crippen LogP contribution is 2.68. The highest BCUT2D eigenvalue weighted by atomic mass is 35.5. The molecule has 3 amide bonds. The highest BCUT2D eigenvalue weighted by molar-refractivity contribution is 8.00. The minimum Gasteiger partial charge on any atom is -0.346 e. The zero-order chi connectivity index (χ0) is 57.5. The van der Waals surface area contributed by atoms with Gasteiger partial charge in [-0.1, -0.05) is 30.7 Å². The molecule has 1 saturated carbocycles. The fourth-order valence-corrected chi connectivity index (χ4v) is 9.68. The summed E-state index contributed by atoms with van der Waals surface area (Å²) in [6.07, 6.45) is -7.82. The second-order valence-corrected chi connectivity index (χ2v) is 23.7. The molecule has 5 atom stereocenters. The van der Waals surface area contributed by atoms with Crippen molar-refractivity contribution in [1.29, 1.82) is 0 Å². The number of carbonyl (C=O) groups excluding carboxylic acids is 2. The van der Waals surface area contributed by atoms with Crippen LogP contribution in [0.2, 0.25) is 5.02 Å². The lowest BCUT2D eigenvalue weighted by Gasteiger charge is -2.24. The third-order valence-corrected chi connectivity index (χ3v) is 15.5. The number of rotatable bonds is 18. The number of urea groups is 1. The Kier molecular flexibility index (Phi) is 19.0. The molecule has 7 rings (SSSR count). The number of anilines is 1. The largest absolute Gasteiger partial charge is 0.469 e. The number of phosphoric acid groups is 1. The molecule has 3 aromatic heterocycles. The van der Waals surface area contributed by atoms with Crippen LogP contribution in [0.4, 0.5) is 54.5 Å². The zero-order valence-corrected chi connectivity index (χ0v) is 45.3. The number of carbonyl (C=O) groups is 2. The molecule has 2 aliphatic rings. The number of hydrogen-bond donors (Lipinski definition) is 6. The summed E-state index contributed by atoms with van der Waals surface area (Å²) in [5.74, 6) is -10.3. The first-order valence-corrected chi connectivity index (χ1v) is 28.4. The third kappa shape index (κ3) is 15.1. The number of benzene rings is 2. The van der Waals surface area contributed by atoms with Crippen molar-refractivity contribution >= 4 is 79.4 Å². The van der Waals surface area contributed by atoms with E-state index in [9.17, 15) is 73.1 Å². The first kappa shape index (κ1) is 61.7. The summed E-state index contributed by atoms with van der Waals surface area (Å²) in [6.45, 7) is 2.68. The van der Waals surface area contributed by atoms with Crippen molar-refractivity contribution < 1.29 is 90.9 Å². The van der Waals surface area contributed by atoms with Gasteiger partial charge in [0.1, 0.15) is 30.4 Å². The number of amides is 3. The standard InChI is InChI=1S/C39H37ClF10N8O9P2S.C5H12OS/c1-3-20-4-5-22(23-6-7-26(40)30-32(23)57(16-37(43,44)45)55-35(30)58(70-2)36(60)52-21(14-66-68(61)62)15-67-69(63,64)65)31(51-20)27(10-17-8-18(41)11-19(42)9-17)53-28(59)13-56-34-29(33(54-56)39(48,49)50)24-12-25(24)38(34,46)47;1-5(2,3)7(4)6/h4-9,11,21,24-25,27,61-62H,3,10,12-16H2,1-2H3,(H,52,60)(H,53,59)(H2,63,64,65);1-4H3/t21?,24-,25+,27-;/m0./s1. The van der Waals surface area contributed by atoms with E-state index in [4.69, 9.17) is 11.6 Å². The van der Waals surface area contributed by atoms with Gasteiger partial charge in [-0.05, 0) is 87.7 Å². The molecule has 2 aromatic carbocycles. The van der Waals surface area contributed by atoms with E-state index in [0.717, 1.165) is 12.1 Å². The van der Waals surface area contributed by atoms with E-state index in [1.54, 1.807) is 13.2 Å². The molecule has 6 N–H and O–H groups in total. The second-order valence-electron chi connectivity index (χ2n) is 18.5. The molecule has 2 unspecified atom stereocenters. The summed E-state index contributed by atoms with van der Waals surface area (Å²) in [4.78, 5) is 69.5. The summed E-state index contributed by atoms with van der Waals surface area (Å²) in [5, 5.41) is 11.6. The summed E-state index contributed by atoms with van der Waals surface area (Å²) in [7, 11) is -8.93. The quantitative estimate of drug-likeness (QED) is 0.0272. The van der Waals surface area contributed by atoms with Crippen LogP contribution in [-0.2, 0) is 67.2 Å². The number of phosphoric ester groups is 1. The SMILES string of the molecule is CCc1ccc(-c2ccc(Cl)c3c(N(SC)C(=O)NC(COP(O)O)COP(=O)(O)O)nn(CC(F)(F)F)c23)c([C@H](Cc2cc(F)cc(F)c2)NC(=O)Cn2nc(C(F)(F)F)c3c2C(F)(F)[C@@H]2C[C@H]32)n1.CS(=O)C(C)(C)C. The highest BCUT2D eigenvalue weighted by Gasteiger charge is 2.68. The Morgan fingerprint density at radius 3 is 2.17 bits per heavy atom. The van der Waals surface area contributed by atoms with E-state index in [2.05, 4.69) is 34.9 Å². The number of aromatic nitrogens is 5. The van der Waals surface area contributed by atoms with E-state index in [1.807, 2.05) is 20.8 Å². The van der Waals surface area contributed by atoms with Gasteiger partial charge in [0.05, 0.1) is 46.9 Å². The van der Waals surface area contributed by atoms with E-state index in [-0.39, 0.29) is 60.8 Å². The van der Waals surface area contributed by atoms with Crippen LogP contribution in [0.1, 0.15) is 80.0 Å². The van der Waals surface area contributed by atoms with Gasteiger partial charge in [-0.25, -0.2) is 22.4 Å². The molecule has 0 aliphatic heterocycles. The fourth-order valence-electron chi connectivity index (χ4n) is 8.24. The average molecular weight is 1200 g/mol. The van der Waals surface area contributed by atoms with Crippen LogP contribution < -0.4 is 14.9 Å². The number of nitrogens with zero attached hydrogens (tertiary/aromatic N) is 6. The first-order chi connectivity index (χ1) is 35.5. The summed E-state index contributed by atoms with van der Waals surface area (Å²) in [5.41, 5.74) is -4.18. The van der Waals surface area contributed by atoms with Gasteiger partial charge in [-0.15, -0.1) is 0 Å². The van der Waals surface area contributed by atoms with Crippen molar-refractivity contribution in [2.45, 2.75) is 101 Å². The predicted octanol–water partition coefficient (Wildman–Crippen LogP) is 9.34. The smallest absolute Gasteiger partial charge is 0.346 e. The van der Waals surface area contributed by atoms with Gasteiger partial charge in [-0.3, -0.25) is 27.9 Å². The lowest BCUT2D eigenvalue weighted by molar-refractivity contribution is -0.143. The normalized spacial score (nSPS) is 17.3. The summed E-state index contributed by atoms with van der Waals surface area (Å²) in [6, 6.07) is 3.18. The number of pyridine rings is 1. The Morgan fingerprint density at radius 2 is 1.62 bits per heavy atom. The van der Waals surface area contributed by atoms with Crippen LogP contribution in [0.15, 0.2) is 42.5 Å². The molecule has 1 fully saturated rings. The lowest BCUT2D eigenvalue weighted by atomic mass is 9.93. The van der Waals surface area contributed by atoms with Gasteiger partial charge in [-0.2, -0.15) is 45.3 Å². The Labute approximate surface area is 445 Å². The monoisotopic (exact) mass is 1200 g/mol. The Balaban J connectivity index is 0.00000128. The maximum Gasteiger partial charge on any atom is 0.469 e. The topological polar surface area (TPSA) is 243 Å². The molecule has 0 radical (unpaired) electrons. The van der Waals surface area contributed by atoms with Crippen LogP contribution in [0.25, 0.3) is 22.0 Å². The molecular formula is C44H49ClF10N8O10P2S2. The molecule has 18 nitrogen and oxygen atoms in total. The molecule has 2 aliphatic carbocycles. The van der Waals surface area contributed by atoms with Gasteiger partial charge in [0, 0.05) is 62.4 Å². The van der Waals surface area contributed by atoms with Crippen LogP contribution in [0, 0.1) is 17.6 Å². The zero-order valence-electron chi connectivity index (χ0n) is 41.1. The second kappa shape index (κ2) is 23.7. The van der Waals surface area contributed by atoms with E-state index >= 15 is 8.78 Å². The van der Waals surface area contributed by atoms with Crippen LogP contribution >= 0.6 is 40.0 Å². The molecule has 0 saturated heterocycles. The maximum atomic E-state index is 15.5. The van der Waals surface area contributed by atoms with Crippen LogP contribution in [-0.4, -0.2) is 103 Å². The minimum atomic E-state index is -5.18. The number of alkyl halides is 8. The maximum absolute atomic E-state index is 15.5. The molecule has 33 heteroatoms. The predicted molar refractivity (Wildman–Crippen MR) is 264 cm³/mol. The van der Waals surface area contributed by atoms with Crippen molar-refractivity contribution in [2.24, 2.45) is 5.92 Å². The van der Waals surface area contributed by atoms with Crippen molar-refractivity contribution in [3.05, 3.63) is 93.0 Å². The van der Waals surface area contributed by atoms with Crippen molar-refractivity contribution in [2.75, 3.05) is 30.0 Å². The number of hydrogen-bond acceptors (Lipinski definition) is 12. The number of fused-ring (bicyclic) bond motifs is 4. The van der Waals surface area contributed by atoms with Crippen LogP contribution in [0.5, 0.6) is 0 Å². The molecule has 0 bridgehead atoms. The Hall–Kier alpha value is -4.48. The number of nitrogens with one attached hydrogen (secondary N) is 2. The minimum absolute atomic E-state index is 0.0278. The molecule has 77 heavy (non-hydrogen) atoms. The van der Waals surface area contributed by atoms with Crippen molar-refractivity contribution in [1.82, 2.24) is 35.2 Å². The lowest BCUT2D eigenvalue weighted by Crippen LogP contribution is -2.46. The molecule has 424 valence electrons. The van der Waals surface area contributed by atoms with E-state index in [0.29, 0.717) is 27.0 Å². The number of aryl methyl sites for hydroxylation is 1. The van der Waals surface area contributed by atoms with Crippen LogP contribution in [0.3, 0.4) is 0 Å². The Morgan fingerprint density at radius 1 is 1.00 bits per heavy atom. The van der Waals surface area contributed by atoms with Gasteiger partial charge in [0.2, 0.25) is 5.91 Å². The molecule has 5 aromatic rings. The van der Waals surface area contributed by atoms with E-state index < -0.39 is 154 Å². The fraction of sp³-hybridized carbons (Fsp3) is 0.477. The molecule has 0 spiro atoms. The first-order valence-electron chi connectivity index (χ1n) is 22.6. The number of halogens is 11. The average Bonchev–Trinajstić information content (AvgIpc) is 3.81. The van der Waals surface area contributed by atoms with Crippen molar-refractivity contribution in [3.63, 3.8) is 0 Å². The van der Waals surface area contributed by atoms with Gasteiger partial charge < -0.3 is 34.7 Å². The van der Waals surface area contributed by atoms with Gasteiger partial charge >= 0.3 is 34.8 Å². The van der Waals surface area contributed by atoms with Gasteiger partial charge in [0.25, 0.3) is 5.92 Å². The van der Waals surface area contributed by atoms with Crippen molar-refractivity contribution in [3.8, 4) is 11.1 Å². The Bertz CT molecular complexity index is 3070. The summed E-state index contributed by atoms with van der Waals surface area (Å²) >= 11 is 7.23.